The van der Waals surface area contributed by atoms with Crippen molar-refractivity contribution < 1.29 is 42.9 Å². The van der Waals surface area contributed by atoms with E-state index >= 15 is 0 Å². The van der Waals surface area contributed by atoms with Crippen molar-refractivity contribution >= 4 is 41.7 Å². The molecule has 0 aromatic heterocycles. The van der Waals surface area contributed by atoms with Crippen LogP contribution in [0.5, 0.6) is 5.75 Å². The fraction of sp³-hybridized carbons (Fsp3) is 0.310. The molecule has 0 atom stereocenters. The minimum absolute atomic E-state index is 0.0255. The van der Waals surface area contributed by atoms with Crippen LogP contribution < -0.4 is 10.5 Å². The molecular weight excluding hydrogens is 534 g/mol. The highest BCUT2D eigenvalue weighted by atomic mass is 16.6. The van der Waals surface area contributed by atoms with E-state index in [1.807, 2.05) is 0 Å². The zero-order valence-electron chi connectivity index (χ0n) is 23.3. The molecule has 2 aromatic carbocycles. The first-order valence-electron chi connectivity index (χ1n) is 12.8. The second kappa shape index (κ2) is 15.6. The van der Waals surface area contributed by atoms with Gasteiger partial charge in [0.15, 0.2) is 0 Å². The predicted molar refractivity (Wildman–Crippen MR) is 148 cm³/mol. The predicted octanol–water partition coefficient (Wildman–Crippen LogP) is 2.48. The summed E-state index contributed by atoms with van der Waals surface area (Å²) >= 11 is 0. The van der Waals surface area contributed by atoms with E-state index in [1.54, 1.807) is 31.2 Å². The van der Waals surface area contributed by atoms with Crippen LogP contribution in [0.1, 0.15) is 49.2 Å². The van der Waals surface area contributed by atoms with Crippen molar-refractivity contribution in [2.24, 2.45) is 5.73 Å². The number of nitrogens with two attached hydrogens (primary N) is 1. The monoisotopic (exact) mass is 567 g/mol. The lowest BCUT2D eigenvalue weighted by atomic mass is 10.1. The summed E-state index contributed by atoms with van der Waals surface area (Å²) in [6, 6.07) is 10.4. The number of esters is 4. The van der Waals surface area contributed by atoms with Gasteiger partial charge in [-0.05, 0) is 75.7 Å². The second-order valence-electron chi connectivity index (χ2n) is 8.42. The standard InChI is InChI=1S/C29H33N3O9/c1-5-38-23(33)17-32(24(28(36)39-6-2)29(37)40-7-3)26(34)18(4)16-19-8-10-21(11-9-19)27(35)41-22-14-12-20(13-15-22)25(30)31/h8-16,24H,5-7,17H2,1-4H3,(H3,30,31). The van der Waals surface area contributed by atoms with Gasteiger partial charge < -0.3 is 29.6 Å². The third-order valence-electron chi connectivity index (χ3n) is 5.44. The number of nitrogens with one attached hydrogen (secondary N) is 1. The number of benzene rings is 2. The van der Waals surface area contributed by atoms with E-state index in [-0.39, 0.29) is 42.5 Å². The molecule has 3 N–H and O–H groups in total. The summed E-state index contributed by atoms with van der Waals surface area (Å²) in [6.07, 6.45) is 1.46. The molecule has 0 aliphatic heterocycles. The molecule has 1 amide bonds. The first-order valence-corrected chi connectivity index (χ1v) is 12.8. The van der Waals surface area contributed by atoms with E-state index in [1.165, 1.54) is 51.1 Å². The Balaban J connectivity index is 2.28. The van der Waals surface area contributed by atoms with Crippen molar-refractivity contribution in [3.05, 3.63) is 70.8 Å². The number of hydrogen-bond donors (Lipinski definition) is 2. The number of carbonyl (C=O) groups is 5. The summed E-state index contributed by atoms with van der Waals surface area (Å²) in [7, 11) is 0. The van der Waals surface area contributed by atoms with Gasteiger partial charge in [-0.15, -0.1) is 0 Å². The molecule has 0 radical (unpaired) electrons. The Hall–Kier alpha value is -5.00. The maximum Gasteiger partial charge on any atom is 0.343 e. The summed E-state index contributed by atoms with van der Waals surface area (Å²) in [6.45, 7) is 5.29. The Morgan fingerprint density at radius 1 is 0.829 bits per heavy atom. The largest absolute Gasteiger partial charge is 0.465 e. The molecule has 0 saturated heterocycles. The molecule has 0 unspecified atom stereocenters. The van der Waals surface area contributed by atoms with Crippen LogP contribution in [-0.2, 0) is 33.4 Å². The third-order valence-corrected chi connectivity index (χ3v) is 5.44. The van der Waals surface area contributed by atoms with E-state index in [4.69, 9.17) is 30.1 Å². The fourth-order valence-electron chi connectivity index (χ4n) is 3.54. The molecule has 41 heavy (non-hydrogen) atoms. The molecule has 2 aromatic rings. The molecular formula is C29H33N3O9. The fourth-order valence-corrected chi connectivity index (χ4v) is 3.54. The van der Waals surface area contributed by atoms with E-state index in [2.05, 4.69) is 0 Å². The van der Waals surface area contributed by atoms with Crippen LogP contribution in [0.4, 0.5) is 0 Å². The zero-order chi connectivity index (χ0) is 30.5. The van der Waals surface area contributed by atoms with Gasteiger partial charge >= 0.3 is 23.9 Å². The van der Waals surface area contributed by atoms with Gasteiger partial charge in [0.1, 0.15) is 18.1 Å². The number of rotatable bonds is 13. The van der Waals surface area contributed by atoms with Gasteiger partial charge in [0.05, 0.1) is 25.4 Å². The van der Waals surface area contributed by atoms with Crippen molar-refractivity contribution in [3.63, 3.8) is 0 Å². The lowest BCUT2D eigenvalue weighted by Gasteiger charge is -2.28. The molecule has 12 heteroatoms. The molecule has 0 heterocycles. The SMILES string of the molecule is CCOC(=O)CN(C(=O)C(C)=Cc1ccc(C(=O)Oc2ccc(C(=N)N)cc2)cc1)C(C(=O)OCC)C(=O)OCC. The minimum Gasteiger partial charge on any atom is -0.465 e. The van der Waals surface area contributed by atoms with Crippen molar-refractivity contribution in [1.82, 2.24) is 4.90 Å². The van der Waals surface area contributed by atoms with E-state index in [0.29, 0.717) is 11.1 Å². The van der Waals surface area contributed by atoms with Crippen molar-refractivity contribution in [2.75, 3.05) is 26.4 Å². The summed E-state index contributed by atoms with van der Waals surface area (Å²) in [5.74, 6) is -4.19. The highest BCUT2D eigenvalue weighted by molar-refractivity contribution is 6.07. The lowest BCUT2D eigenvalue weighted by molar-refractivity contribution is -0.168. The van der Waals surface area contributed by atoms with Gasteiger partial charge in [-0.3, -0.25) is 15.0 Å². The van der Waals surface area contributed by atoms with Gasteiger partial charge in [0.25, 0.3) is 5.91 Å². The zero-order valence-corrected chi connectivity index (χ0v) is 23.3. The first-order chi connectivity index (χ1) is 19.5. The molecule has 0 aliphatic rings. The maximum atomic E-state index is 13.4. The van der Waals surface area contributed by atoms with E-state index in [9.17, 15) is 24.0 Å². The number of carbonyl (C=O) groups excluding carboxylic acids is 5. The minimum atomic E-state index is -1.82. The maximum absolute atomic E-state index is 13.4. The van der Waals surface area contributed by atoms with Gasteiger partial charge in [-0.25, -0.2) is 14.4 Å². The van der Waals surface area contributed by atoms with Crippen LogP contribution >= 0.6 is 0 Å². The van der Waals surface area contributed by atoms with Crippen molar-refractivity contribution in [1.29, 1.82) is 5.41 Å². The Morgan fingerprint density at radius 2 is 1.34 bits per heavy atom. The lowest BCUT2D eigenvalue weighted by Crippen LogP contribution is -2.53. The summed E-state index contributed by atoms with van der Waals surface area (Å²) in [5, 5.41) is 7.42. The van der Waals surface area contributed by atoms with Crippen molar-refractivity contribution in [2.45, 2.75) is 33.7 Å². The van der Waals surface area contributed by atoms with E-state index in [0.717, 1.165) is 4.90 Å². The Morgan fingerprint density at radius 3 is 1.83 bits per heavy atom. The van der Waals surface area contributed by atoms with Gasteiger partial charge in [0, 0.05) is 11.1 Å². The van der Waals surface area contributed by atoms with Crippen molar-refractivity contribution in [3.8, 4) is 5.75 Å². The number of ether oxygens (including phenoxy) is 4. The topological polar surface area (TPSA) is 175 Å². The second-order valence-corrected chi connectivity index (χ2v) is 8.42. The van der Waals surface area contributed by atoms with Crippen LogP contribution in [0.3, 0.4) is 0 Å². The summed E-state index contributed by atoms with van der Waals surface area (Å²) < 4.78 is 20.2. The smallest absolute Gasteiger partial charge is 0.343 e. The van der Waals surface area contributed by atoms with Crippen LogP contribution in [0, 0.1) is 5.41 Å². The molecule has 0 spiro atoms. The van der Waals surface area contributed by atoms with Gasteiger partial charge in [-0.2, -0.15) is 0 Å². The normalized spacial score (nSPS) is 10.9. The average Bonchev–Trinajstić information content (AvgIpc) is 2.93. The van der Waals surface area contributed by atoms with Crippen LogP contribution in [0.15, 0.2) is 54.1 Å². The molecule has 0 bridgehead atoms. The van der Waals surface area contributed by atoms with Crippen LogP contribution in [0.2, 0.25) is 0 Å². The number of nitrogens with zero attached hydrogens (tertiary/aromatic N) is 1. The van der Waals surface area contributed by atoms with E-state index < -0.39 is 42.4 Å². The number of amides is 1. The molecule has 2 rings (SSSR count). The molecule has 0 aliphatic carbocycles. The highest BCUT2D eigenvalue weighted by Gasteiger charge is 2.40. The third kappa shape index (κ3) is 9.31. The number of amidine groups is 1. The van der Waals surface area contributed by atoms with Crippen LogP contribution in [-0.4, -0.2) is 72.9 Å². The molecule has 218 valence electrons. The molecule has 0 fully saturated rings. The first kappa shape index (κ1) is 32.2. The Kier molecular flexibility index (Phi) is 12.2. The quantitative estimate of drug-likeness (QED) is 0.0695. The summed E-state index contributed by atoms with van der Waals surface area (Å²) in [5.41, 5.74) is 6.73. The Bertz CT molecular complexity index is 1280. The molecule has 12 nitrogen and oxygen atoms in total. The molecule has 0 saturated carbocycles. The van der Waals surface area contributed by atoms with Crippen LogP contribution in [0.25, 0.3) is 6.08 Å². The number of nitrogen functional groups attached to an aromatic ring is 1. The number of hydrogen-bond acceptors (Lipinski definition) is 10. The highest BCUT2D eigenvalue weighted by Crippen LogP contribution is 2.17. The Labute approximate surface area is 237 Å². The van der Waals surface area contributed by atoms with Gasteiger partial charge in [-0.1, -0.05) is 12.1 Å². The summed E-state index contributed by atoms with van der Waals surface area (Å²) in [4.78, 5) is 64.3. The average molecular weight is 568 g/mol. The van der Waals surface area contributed by atoms with Gasteiger partial charge in [0.2, 0.25) is 6.04 Å².